The fourth-order valence-electron chi connectivity index (χ4n) is 0.862. The molecule has 0 bridgehead atoms. The molecule has 4 nitrogen and oxygen atoms in total. The molecule has 0 aliphatic rings. The van der Waals surface area contributed by atoms with Crippen LogP contribution in [0, 0.1) is 0 Å². The topological polar surface area (TPSA) is 63.9 Å². The maximum atomic E-state index is 8.48. The second-order valence-corrected chi connectivity index (χ2v) is 4.07. The SMILES string of the molecule is C/C=C(\C)[CH2][Ge].OCCN(CCO)CCO. The number of hydrogen-bond acceptors (Lipinski definition) is 4. The molecule has 0 heterocycles. The summed E-state index contributed by atoms with van der Waals surface area (Å²) in [6, 6.07) is 0. The summed E-state index contributed by atoms with van der Waals surface area (Å²) in [6.45, 7) is 5.96. The first kappa shape index (κ1) is 18.5. The van der Waals surface area contributed by atoms with Crippen molar-refractivity contribution in [3.63, 3.8) is 0 Å². The van der Waals surface area contributed by atoms with E-state index in [1.807, 2.05) is 0 Å². The Morgan fingerprint density at radius 1 is 1.06 bits per heavy atom. The number of rotatable bonds is 7. The third kappa shape index (κ3) is 14.1. The van der Waals surface area contributed by atoms with Gasteiger partial charge in [-0.25, -0.2) is 0 Å². The maximum Gasteiger partial charge on any atom is 0.0558 e. The van der Waals surface area contributed by atoms with Crippen LogP contribution in [0.3, 0.4) is 0 Å². The molecule has 0 spiro atoms. The molecular weight excluding hydrogens is 267 g/mol. The van der Waals surface area contributed by atoms with Crippen molar-refractivity contribution in [1.29, 1.82) is 0 Å². The van der Waals surface area contributed by atoms with E-state index in [4.69, 9.17) is 15.3 Å². The summed E-state index contributed by atoms with van der Waals surface area (Å²) >= 11 is 2.16. The van der Waals surface area contributed by atoms with E-state index in [0.717, 1.165) is 0 Å². The standard InChI is InChI=1S/C6H15NO3.C5H9Ge/c8-4-1-7(2-5-9)3-6-10;1-3-5(2)4-6/h8-10H,1-6H2;3H,4H2,1-2H3/b;5-3+. The summed E-state index contributed by atoms with van der Waals surface area (Å²) < 4.78 is 0. The normalized spacial score (nSPS) is 11.3. The van der Waals surface area contributed by atoms with Crippen molar-refractivity contribution in [2.24, 2.45) is 0 Å². The fourth-order valence-corrected chi connectivity index (χ4v) is 1.29. The van der Waals surface area contributed by atoms with Gasteiger partial charge in [0, 0.05) is 19.6 Å². The van der Waals surface area contributed by atoms with Gasteiger partial charge < -0.3 is 15.3 Å². The zero-order valence-electron chi connectivity index (χ0n) is 10.3. The number of aliphatic hydroxyl groups is 3. The average Bonchev–Trinajstić information content (AvgIpc) is 2.30. The maximum absolute atomic E-state index is 8.48. The Labute approximate surface area is 107 Å². The van der Waals surface area contributed by atoms with Crippen LogP contribution in [-0.4, -0.2) is 76.2 Å². The molecule has 3 N–H and O–H groups in total. The molecule has 0 fully saturated rings. The van der Waals surface area contributed by atoms with E-state index in [9.17, 15) is 0 Å². The van der Waals surface area contributed by atoms with E-state index in [2.05, 4.69) is 36.4 Å². The van der Waals surface area contributed by atoms with Gasteiger partial charge in [0.2, 0.25) is 0 Å². The molecule has 95 valence electrons. The third-order valence-electron chi connectivity index (χ3n) is 2.02. The Bertz CT molecular complexity index is 151. The zero-order chi connectivity index (χ0) is 12.8. The molecule has 0 amide bonds. The number of allylic oxidation sites excluding steroid dienone is 2. The molecule has 0 aromatic heterocycles. The van der Waals surface area contributed by atoms with E-state index < -0.39 is 0 Å². The van der Waals surface area contributed by atoms with Crippen LogP contribution >= 0.6 is 0 Å². The van der Waals surface area contributed by atoms with Crippen LogP contribution in [0.25, 0.3) is 0 Å². The van der Waals surface area contributed by atoms with E-state index in [1.165, 1.54) is 10.8 Å². The summed E-state index contributed by atoms with van der Waals surface area (Å²) in [6.07, 6.45) is 2.14. The summed E-state index contributed by atoms with van der Waals surface area (Å²) in [7, 11) is 0. The molecule has 16 heavy (non-hydrogen) atoms. The average molecular weight is 291 g/mol. The first-order valence-electron chi connectivity index (χ1n) is 5.47. The van der Waals surface area contributed by atoms with Gasteiger partial charge in [-0.05, 0) is 0 Å². The van der Waals surface area contributed by atoms with Gasteiger partial charge in [0.15, 0.2) is 0 Å². The molecule has 0 atom stereocenters. The Morgan fingerprint density at radius 3 is 1.56 bits per heavy atom. The molecule has 5 heteroatoms. The second-order valence-electron chi connectivity index (χ2n) is 3.32. The smallest absolute Gasteiger partial charge is 0.0558 e. The number of nitrogens with zero attached hydrogens (tertiary/aromatic N) is 1. The quantitative estimate of drug-likeness (QED) is 0.449. The van der Waals surface area contributed by atoms with Crippen LogP contribution < -0.4 is 0 Å². The van der Waals surface area contributed by atoms with E-state index in [-0.39, 0.29) is 19.8 Å². The van der Waals surface area contributed by atoms with Gasteiger partial charge in [0.05, 0.1) is 19.8 Å². The van der Waals surface area contributed by atoms with Crippen LogP contribution in [0.4, 0.5) is 0 Å². The zero-order valence-corrected chi connectivity index (χ0v) is 12.4. The minimum absolute atomic E-state index is 0.0694. The van der Waals surface area contributed by atoms with E-state index in [1.54, 1.807) is 4.90 Å². The summed E-state index contributed by atoms with van der Waals surface area (Å²) in [5.41, 5.74) is 1.47. The molecule has 0 aromatic carbocycles. The predicted molar refractivity (Wildman–Crippen MR) is 67.7 cm³/mol. The summed E-state index contributed by atoms with van der Waals surface area (Å²) in [5, 5.41) is 26.6. The second kappa shape index (κ2) is 15.1. The molecule has 0 unspecified atom stereocenters. The molecule has 3 radical (unpaired) electrons. The van der Waals surface area contributed by atoms with Crippen molar-refractivity contribution >= 4 is 16.5 Å². The minimum Gasteiger partial charge on any atom is -0.395 e. The Hall–Kier alpha value is 0.123. The molecule has 0 aromatic rings. The largest absolute Gasteiger partial charge is 0.395 e. The molecule has 0 aliphatic heterocycles. The molecular formula is C11H24GeNO3. The van der Waals surface area contributed by atoms with Crippen molar-refractivity contribution in [2.45, 2.75) is 19.1 Å². The van der Waals surface area contributed by atoms with Gasteiger partial charge in [-0.3, -0.25) is 4.90 Å². The third-order valence-corrected chi connectivity index (χ3v) is 3.19. The first-order chi connectivity index (χ1) is 7.65. The summed E-state index contributed by atoms with van der Waals surface area (Å²) in [5.74, 6) is 0. The number of aliphatic hydroxyl groups excluding tert-OH is 3. The van der Waals surface area contributed by atoms with Crippen LogP contribution in [0.1, 0.15) is 13.8 Å². The monoisotopic (exact) mass is 292 g/mol. The molecule has 0 aliphatic carbocycles. The van der Waals surface area contributed by atoms with Crippen molar-refractivity contribution in [3.05, 3.63) is 11.6 Å². The fraction of sp³-hybridized carbons (Fsp3) is 0.818. The van der Waals surface area contributed by atoms with E-state index in [0.29, 0.717) is 19.6 Å². The van der Waals surface area contributed by atoms with Crippen molar-refractivity contribution in [3.8, 4) is 0 Å². The number of hydrogen-bond donors (Lipinski definition) is 3. The molecule has 0 saturated carbocycles. The van der Waals surface area contributed by atoms with Gasteiger partial charge in [-0.15, -0.1) is 0 Å². The first-order valence-corrected chi connectivity index (χ1v) is 6.95. The van der Waals surface area contributed by atoms with Crippen LogP contribution in [-0.2, 0) is 0 Å². The van der Waals surface area contributed by atoms with Crippen LogP contribution in [0.15, 0.2) is 11.6 Å². The van der Waals surface area contributed by atoms with Crippen molar-refractivity contribution in [2.75, 3.05) is 39.5 Å². The van der Waals surface area contributed by atoms with Gasteiger partial charge in [-0.1, -0.05) is 0 Å². The Balaban J connectivity index is 0. The molecule has 0 saturated heterocycles. The molecule has 0 rings (SSSR count). The Morgan fingerprint density at radius 2 is 1.44 bits per heavy atom. The van der Waals surface area contributed by atoms with Gasteiger partial charge in [0.1, 0.15) is 0 Å². The van der Waals surface area contributed by atoms with E-state index >= 15 is 0 Å². The summed E-state index contributed by atoms with van der Waals surface area (Å²) in [4.78, 5) is 1.79. The van der Waals surface area contributed by atoms with Gasteiger partial charge in [-0.2, -0.15) is 0 Å². The predicted octanol–water partition coefficient (Wildman–Crippen LogP) is -0.195. The van der Waals surface area contributed by atoms with Crippen molar-refractivity contribution in [1.82, 2.24) is 4.90 Å². The van der Waals surface area contributed by atoms with Gasteiger partial charge >= 0.3 is 47.3 Å². The van der Waals surface area contributed by atoms with Crippen LogP contribution in [0.5, 0.6) is 0 Å². The van der Waals surface area contributed by atoms with Gasteiger partial charge in [0.25, 0.3) is 0 Å². The van der Waals surface area contributed by atoms with Crippen molar-refractivity contribution < 1.29 is 15.3 Å². The Kier molecular flexibility index (Phi) is 17.5. The van der Waals surface area contributed by atoms with Crippen LogP contribution in [0.2, 0.25) is 5.25 Å². The minimum atomic E-state index is 0.0694.